The molecule has 1 N–H and O–H groups in total. The van der Waals surface area contributed by atoms with Gasteiger partial charge in [0.05, 0.1) is 13.5 Å². The van der Waals surface area contributed by atoms with E-state index in [1.165, 1.54) is 25.3 Å². The van der Waals surface area contributed by atoms with Crippen LogP contribution in [0.25, 0.3) is 0 Å². The number of rotatable bonds is 6. The highest BCUT2D eigenvalue weighted by Crippen LogP contribution is 2.32. The zero-order valence-electron chi connectivity index (χ0n) is 19.0. The molecule has 2 fully saturated rings. The smallest absolute Gasteiger partial charge is 0.227 e. The number of fused-ring (bicyclic) bond motifs is 1. The Hall–Kier alpha value is -2.86. The van der Waals surface area contributed by atoms with Gasteiger partial charge in [0, 0.05) is 38.3 Å². The molecule has 2 atom stereocenters. The maximum absolute atomic E-state index is 13.0. The number of nitrogens with zero attached hydrogens (tertiary/aromatic N) is 2. The molecule has 0 bridgehead atoms. The third-order valence-electron chi connectivity index (χ3n) is 6.69. The lowest BCUT2D eigenvalue weighted by Gasteiger charge is -2.47. The Bertz CT molecular complexity index is 944. The van der Waals surface area contributed by atoms with Crippen LogP contribution in [0, 0.1) is 5.92 Å². The van der Waals surface area contributed by atoms with Gasteiger partial charge in [-0.05, 0) is 67.1 Å². The second-order valence-corrected chi connectivity index (χ2v) is 8.97. The molecule has 6 heteroatoms. The first-order valence-electron chi connectivity index (χ1n) is 11.5. The second-order valence-electron chi connectivity index (χ2n) is 8.97. The third kappa shape index (κ3) is 5.49. The Kier molecular flexibility index (Phi) is 7.10. The van der Waals surface area contributed by atoms with Crippen LogP contribution in [0.15, 0.2) is 48.5 Å². The van der Waals surface area contributed by atoms with Crippen molar-refractivity contribution in [2.24, 2.45) is 5.92 Å². The fraction of sp³-hybridized carbons (Fsp3) is 0.462. The summed E-state index contributed by atoms with van der Waals surface area (Å²) in [4.78, 5) is 28.8. The number of benzene rings is 2. The van der Waals surface area contributed by atoms with Crippen LogP contribution in [-0.2, 0) is 22.6 Å². The summed E-state index contributed by atoms with van der Waals surface area (Å²) >= 11 is 0. The fourth-order valence-corrected chi connectivity index (χ4v) is 5.13. The molecule has 170 valence electrons. The molecule has 6 nitrogen and oxygen atoms in total. The van der Waals surface area contributed by atoms with Crippen molar-refractivity contribution in [1.29, 1.82) is 0 Å². The average Bonchev–Trinajstić information content (AvgIpc) is 2.80. The maximum atomic E-state index is 13.0. The molecule has 2 aliphatic heterocycles. The predicted molar refractivity (Wildman–Crippen MR) is 126 cm³/mol. The van der Waals surface area contributed by atoms with Crippen LogP contribution in [0.4, 0.5) is 5.69 Å². The monoisotopic (exact) mass is 435 g/mol. The summed E-state index contributed by atoms with van der Waals surface area (Å²) in [6.45, 7) is 5.22. The van der Waals surface area contributed by atoms with Crippen molar-refractivity contribution < 1.29 is 14.3 Å². The van der Waals surface area contributed by atoms with E-state index in [9.17, 15) is 9.59 Å². The molecule has 2 aliphatic rings. The van der Waals surface area contributed by atoms with Gasteiger partial charge in [-0.3, -0.25) is 14.5 Å². The number of anilines is 1. The van der Waals surface area contributed by atoms with E-state index >= 15 is 0 Å². The molecular formula is C26H33N3O3. The van der Waals surface area contributed by atoms with Gasteiger partial charge in [-0.2, -0.15) is 0 Å². The molecule has 2 aromatic rings. The van der Waals surface area contributed by atoms with Crippen LogP contribution < -0.4 is 10.1 Å². The largest absolute Gasteiger partial charge is 0.497 e. The van der Waals surface area contributed by atoms with Crippen molar-refractivity contribution in [3.05, 3.63) is 59.7 Å². The van der Waals surface area contributed by atoms with E-state index < -0.39 is 0 Å². The molecule has 32 heavy (non-hydrogen) atoms. The number of likely N-dealkylation sites (tertiary alicyclic amines) is 2. The molecule has 0 radical (unpaired) electrons. The minimum absolute atomic E-state index is 0.0515. The van der Waals surface area contributed by atoms with Gasteiger partial charge in [-0.15, -0.1) is 0 Å². The van der Waals surface area contributed by atoms with Crippen molar-refractivity contribution in [3.8, 4) is 5.75 Å². The lowest BCUT2D eigenvalue weighted by Crippen LogP contribution is -2.55. The number of methoxy groups -OCH3 is 1. The summed E-state index contributed by atoms with van der Waals surface area (Å²) in [5.41, 5.74) is 3.10. The van der Waals surface area contributed by atoms with E-state index in [1.807, 2.05) is 36.4 Å². The zero-order valence-corrected chi connectivity index (χ0v) is 19.0. The SMILES string of the molecule is COc1cccc(CC(=O)N2CC[C@@H]3[C@H](CCCN3Cc3ccc(NC(C)=O)cc3)C2)c1. The van der Waals surface area contributed by atoms with Gasteiger partial charge in [-0.1, -0.05) is 24.3 Å². The van der Waals surface area contributed by atoms with Crippen LogP contribution in [-0.4, -0.2) is 54.4 Å². The number of hydrogen-bond donors (Lipinski definition) is 1. The lowest BCUT2D eigenvalue weighted by molar-refractivity contribution is -0.134. The first-order chi connectivity index (χ1) is 15.5. The number of hydrogen-bond acceptors (Lipinski definition) is 4. The summed E-state index contributed by atoms with van der Waals surface area (Å²) < 4.78 is 5.29. The summed E-state index contributed by atoms with van der Waals surface area (Å²) in [5, 5.41) is 2.82. The molecule has 4 rings (SSSR count). The quantitative estimate of drug-likeness (QED) is 0.751. The number of carbonyl (C=O) groups is 2. The number of ether oxygens (including phenoxy) is 1. The topological polar surface area (TPSA) is 61.9 Å². The summed E-state index contributed by atoms with van der Waals surface area (Å²) in [7, 11) is 1.65. The van der Waals surface area contributed by atoms with E-state index in [0.717, 1.165) is 49.6 Å². The first kappa shape index (κ1) is 22.3. The molecule has 2 heterocycles. The van der Waals surface area contributed by atoms with E-state index in [-0.39, 0.29) is 11.8 Å². The van der Waals surface area contributed by atoms with Crippen molar-refractivity contribution in [3.63, 3.8) is 0 Å². The van der Waals surface area contributed by atoms with E-state index in [4.69, 9.17) is 4.74 Å². The van der Waals surface area contributed by atoms with Crippen LogP contribution in [0.5, 0.6) is 5.75 Å². The van der Waals surface area contributed by atoms with Gasteiger partial charge in [-0.25, -0.2) is 0 Å². The molecule has 0 spiro atoms. The highest BCUT2D eigenvalue weighted by Gasteiger charge is 2.37. The number of amides is 2. The number of carbonyl (C=O) groups excluding carboxylic acids is 2. The van der Waals surface area contributed by atoms with Gasteiger partial charge in [0.1, 0.15) is 5.75 Å². The minimum atomic E-state index is -0.0515. The maximum Gasteiger partial charge on any atom is 0.227 e. The Balaban J connectivity index is 1.34. The molecule has 0 aliphatic carbocycles. The van der Waals surface area contributed by atoms with Crippen LogP contribution in [0.3, 0.4) is 0 Å². The van der Waals surface area contributed by atoms with E-state index in [2.05, 4.69) is 27.2 Å². The predicted octanol–water partition coefficient (Wildman–Crippen LogP) is 3.71. The average molecular weight is 436 g/mol. The number of piperidine rings is 2. The Morgan fingerprint density at radius 1 is 1.06 bits per heavy atom. The lowest BCUT2D eigenvalue weighted by atomic mass is 9.83. The van der Waals surface area contributed by atoms with Gasteiger partial charge >= 0.3 is 0 Å². The summed E-state index contributed by atoms with van der Waals surface area (Å²) in [5.74, 6) is 1.49. The molecule has 2 aromatic carbocycles. The first-order valence-corrected chi connectivity index (χ1v) is 11.5. The Morgan fingerprint density at radius 3 is 2.62 bits per heavy atom. The third-order valence-corrected chi connectivity index (χ3v) is 6.69. The van der Waals surface area contributed by atoms with Crippen molar-refractivity contribution in [2.75, 3.05) is 32.1 Å². The van der Waals surface area contributed by atoms with Gasteiger partial charge in [0.15, 0.2) is 0 Å². The standard InChI is InChI=1S/C26H33N3O3/c1-19(30)27-23-10-8-20(9-11-23)17-28-13-4-6-22-18-29(14-12-25(22)28)26(31)16-21-5-3-7-24(15-21)32-2/h3,5,7-11,15,22,25H,4,6,12-14,16-18H2,1-2H3,(H,27,30)/t22-,25-/m1/s1. The molecule has 2 saturated heterocycles. The highest BCUT2D eigenvalue weighted by molar-refractivity contribution is 5.88. The Morgan fingerprint density at radius 2 is 1.88 bits per heavy atom. The van der Waals surface area contributed by atoms with E-state index in [1.54, 1.807) is 7.11 Å². The van der Waals surface area contributed by atoms with Gasteiger partial charge in [0.25, 0.3) is 0 Å². The van der Waals surface area contributed by atoms with Crippen LogP contribution in [0.1, 0.15) is 37.3 Å². The van der Waals surface area contributed by atoms with Crippen LogP contribution in [0.2, 0.25) is 0 Å². The summed E-state index contributed by atoms with van der Waals surface area (Å²) in [6, 6.07) is 16.5. The molecule has 0 unspecified atom stereocenters. The minimum Gasteiger partial charge on any atom is -0.497 e. The van der Waals surface area contributed by atoms with Crippen molar-refractivity contribution in [1.82, 2.24) is 9.80 Å². The van der Waals surface area contributed by atoms with Crippen molar-refractivity contribution >= 4 is 17.5 Å². The van der Waals surface area contributed by atoms with E-state index in [0.29, 0.717) is 18.4 Å². The molecule has 0 saturated carbocycles. The highest BCUT2D eigenvalue weighted by atomic mass is 16.5. The fourth-order valence-electron chi connectivity index (χ4n) is 5.13. The zero-order chi connectivity index (χ0) is 22.5. The normalized spacial score (nSPS) is 21.0. The molecule has 2 amide bonds. The molecule has 0 aromatic heterocycles. The molecular weight excluding hydrogens is 402 g/mol. The van der Waals surface area contributed by atoms with Gasteiger partial charge < -0.3 is 15.0 Å². The van der Waals surface area contributed by atoms with Gasteiger partial charge in [0.2, 0.25) is 11.8 Å². The second kappa shape index (κ2) is 10.2. The number of nitrogens with one attached hydrogen (secondary N) is 1. The summed E-state index contributed by atoms with van der Waals surface area (Å²) in [6.07, 6.45) is 3.81. The van der Waals surface area contributed by atoms with Crippen LogP contribution >= 0.6 is 0 Å². The van der Waals surface area contributed by atoms with Crippen molar-refractivity contribution in [2.45, 2.75) is 45.2 Å². The Labute approximate surface area is 190 Å².